The second kappa shape index (κ2) is 13.0. The van der Waals surface area contributed by atoms with E-state index in [9.17, 15) is 13.2 Å². The summed E-state index contributed by atoms with van der Waals surface area (Å²) >= 11 is 0. The molecule has 0 radical (unpaired) electrons. The highest BCUT2D eigenvalue weighted by molar-refractivity contribution is 8.77. The van der Waals surface area contributed by atoms with E-state index >= 15 is 0 Å². The van der Waals surface area contributed by atoms with Crippen molar-refractivity contribution in [3.05, 3.63) is 18.6 Å². The van der Waals surface area contributed by atoms with Crippen molar-refractivity contribution in [2.75, 3.05) is 30.5 Å². The van der Waals surface area contributed by atoms with Crippen LogP contribution in [0, 0.1) is 5.92 Å². The molecule has 1 saturated carbocycles. The Balaban J connectivity index is 1.32. The van der Waals surface area contributed by atoms with Gasteiger partial charge in [-0.1, -0.05) is 28.0 Å². The first-order valence-corrected chi connectivity index (χ1v) is 17.2. The average molecular weight is 570 g/mol. The van der Waals surface area contributed by atoms with Crippen molar-refractivity contribution in [3.8, 4) is 0 Å². The van der Waals surface area contributed by atoms with Gasteiger partial charge < -0.3 is 9.64 Å². The summed E-state index contributed by atoms with van der Waals surface area (Å²) < 4.78 is 33.9. The van der Waals surface area contributed by atoms with Crippen LogP contribution in [0.1, 0.15) is 70.9 Å². The number of rotatable bonds is 12. The highest BCUT2D eigenvalue weighted by Gasteiger charge is 2.29. The SMILES string of the molecule is CNS(=O)(=O)CC1CCC(N(C)c2ncnc3c2ccn3C(C)OC(=O)CCCC[C@@H]2CCSS2)CC1. The summed E-state index contributed by atoms with van der Waals surface area (Å²) in [5, 5.41) is 1.66. The molecule has 1 unspecified atom stereocenters. The fourth-order valence-corrected chi connectivity index (χ4v) is 9.46. The first-order valence-electron chi connectivity index (χ1n) is 13.2. The summed E-state index contributed by atoms with van der Waals surface area (Å²) in [5.74, 6) is 2.29. The Hall–Kier alpha value is -1.50. The number of nitrogens with zero attached hydrogens (tertiary/aromatic N) is 4. The van der Waals surface area contributed by atoms with Gasteiger partial charge in [-0.3, -0.25) is 9.36 Å². The van der Waals surface area contributed by atoms with Crippen molar-refractivity contribution < 1.29 is 17.9 Å². The van der Waals surface area contributed by atoms with Crippen LogP contribution in [0.2, 0.25) is 0 Å². The zero-order valence-electron chi connectivity index (χ0n) is 22.0. The average Bonchev–Trinajstić information content (AvgIpc) is 3.56. The molecule has 12 heteroatoms. The smallest absolute Gasteiger partial charge is 0.307 e. The molecule has 0 bridgehead atoms. The maximum absolute atomic E-state index is 12.5. The number of fused-ring (bicyclic) bond motifs is 1. The van der Waals surface area contributed by atoms with Crippen LogP contribution in [0.5, 0.6) is 0 Å². The fraction of sp³-hybridized carbons (Fsp3) is 0.720. The minimum atomic E-state index is -3.19. The van der Waals surface area contributed by atoms with Gasteiger partial charge in [0.2, 0.25) is 10.0 Å². The van der Waals surface area contributed by atoms with Gasteiger partial charge in [0, 0.05) is 36.7 Å². The van der Waals surface area contributed by atoms with E-state index in [1.807, 2.05) is 52.4 Å². The Morgan fingerprint density at radius 1 is 1.24 bits per heavy atom. The van der Waals surface area contributed by atoms with Gasteiger partial charge in [0.1, 0.15) is 17.8 Å². The van der Waals surface area contributed by atoms with Gasteiger partial charge in [0.15, 0.2) is 6.23 Å². The molecule has 0 spiro atoms. The quantitative estimate of drug-likeness (QED) is 0.220. The third-order valence-electron chi connectivity index (χ3n) is 7.53. The molecule has 37 heavy (non-hydrogen) atoms. The number of hydrogen-bond donors (Lipinski definition) is 1. The van der Waals surface area contributed by atoms with Gasteiger partial charge >= 0.3 is 5.97 Å². The summed E-state index contributed by atoms with van der Waals surface area (Å²) in [6.07, 6.45) is 11.4. The lowest BCUT2D eigenvalue weighted by Crippen LogP contribution is -2.38. The van der Waals surface area contributed by atoms with E-state index in [1.54, 1.807) is 6.33 Å². The van der Waals surface area contributed by atoms with Crippen molar-refractivity contribution in [1.82, 2.24) is 19.3 Å². The third kappa shape index (κ3) is 7.54. The fourth-order valence-electron chi connectivity index (χ4n) is 5.31. The summed E-state index contributed by atoms with van der Waals surface area (Å²) in [6.45, 7) is 1.87. The standard InChI is InChI=1S/C25H39N5O4S3/c1-18(34-23(31)7-5-4-6-21-13-15-35-36-21)30-14-12-22-24(27-17-28-25(22)30)29(3)20-10-8-19(9-11-20)16-37(32,33)26-2/h12,14,17-21,26H,4-11,13,15-16H2,1-3H3/t18?,19?,20?,21-/m1/s1. The molecule has 4 rings (SSSR count). The Kier molecular flexibility index (Phi) is 10.0. The zero-order chi connectivity index (χ0) is 26.4. The Labute approximate surface area is 228 Å². The van der Waals surface area contributed by atoms with E-state index < -0.39 is 16.3 Å². The van der Waals surface area contributed by atoms with E-state index in [1.165, 1.54) is 25.6 Å². The van der Waals surface area contributed by atoms with Crippen LogP contribution < -0.4 is 9.62 Å². The molecule has 2 aromatic rings. The largest absolute Gasteiger partial charge is 0.441 e. The maximum atomic E-state index is 12.5. The number of carbonyl (C=O) groups is 1. The number of carbonyl (C=O) groups excluding carboxylic acids is 1. The predicted octanol–water partition coefficient (Wildman–Crippen LogP) is 4.75. The van der Waals surface area contributed by atoms with Gasteiger partial charge in [0.25, 0.3) is 0 Å². The van der Waals surface area contributed by atoms with Gasteiger partial charge in [0.05, 0.1) is 11.1 Å². The maximum Gasteiger partial charge on any atom is 0.307 e. The molecule has 3 heterocycles. The molecular formula is C25H39N5O4S3. The monoisotopic (exact) mass is 569 g/mol. The highest BCUT2D eigenvalue weighted by Crippen LogP contribution is 2.40. The molecule has 2 aromatic heterocycles. The van der Waals surface area contributed by atoms with Crippen LogP contribution in [0.4, 0.5) is 5.82 Å². The molecule has 9 nitrogen and oxygen atoms in total. The van der Waals surface area contributed by atoms with Crippen molar-refractivity contribution in [3.63, 3.8) is 0 Å². The topological polar surface area (TPSA) is 106 Å². The molecule has 1 aliphatic heterocycles. The van der Waals surface area contributed by atoms with E-state index in [4.69, 9.17) is 4.74 Å². The van der Waals surface area contributed by atoms with Gasteiger partial charge in [-0.15, -0.1) is 0 Å². The number of esters is 1. The normalized spacial score (nSPS) is 23.3. The van der Waals surface area contributed by atoms with E-state index in [0.717, 1.165) is 60.6 Å². The molecule has 0 aromatic carbocycles. The van der Waals surface area contributed by atoms with Gasteiger partial charge in [-0.2, -0.15) is 0 Å². The predicted molar refractivity (Wildman–Crippen MR) is 152 cm³/mol. The van der Waals surface area contributed by atoms with Crippen molar-refractivity contribution in [2.45, 2.75) is 82.2 Å². The van der Waals surface area contributed by atoms with Gasteiger partial charge in [-0.25, -0.2) is 23.1 Å². The third-order valence-corrected chi connectivity index (χ3v) is 12.1. The van der Waals surface area contributed by atoms with Crippen LogP contribution >= 0.6 is 21.6 Å². The molecular weight excluding hydrogens is 531 g/mol. The van der Waals surface area contributed by atoms with E-state index in [2.05, 4.69) is 19.6 Å². The lowest BCUT2D eigenvalue weighted by Gasteiger charge is -2.35. The summed E-state index contributed by atoms with van der Waals surface area (Å²) in [4.78, 5) is 23.7. The van der Waals surface area contributed by atoms with E-state index in [-0.39, 0.29) is 23.7 Å². The highest BCUT2D eigenvalue weighted by atomic mass is 33.1. The first kappa shape index (κ1) is 28.5. The zero-order valence-corrected chi connectivity index (χ0v) is 24.4. The number of hydrogen-bond acceptors (Lipinski definition) is 9. The summed E-state index contributed by atoms with van der Waals surface area (Å²) in [5.41, 5.74) is 0.738. The number of sulfonamides is 1. The molecule has 2 atom stereocenters. The van der Waals surface area contributed by atoms with Gasteiger partial charge in [-0.05, 0) is 70.9 Å². The minimum absolute atomic E-state index is 0.175. The van der Waals surface area contributed by atoms with E-state index in [0.29, 0.717) is 6.42 Å². The molecule has 0 amide bonds. The Bertz CT molecular complexity index is 1140. The first-order chi connectivity index (χ1) is 17.8. The molecule has 1 saturated heterocycles. The van der Waals surface area contributed by atoms with Crippen LogP contribution in [0.15, 0.2) is 18.6 Å². The van der Waals surface area contributed by atoms with Crippen molar-refractivity contribution in [1.29, 1.82) is 0 Å². The van der Waals surface area contributed by atoms with Crippen LogP contribution in [0.3, 0.4) is 0 Å². The van der Waals surface area contributed by atoms with Crippen LogP contribution in [-0.2, 0) is 19.6 Å². The lowest BCUT2D eigenvalue weighted by molar-refractivity contribution is -0.152. The molecule has 2 fully saturated rings. The lowest BCUT2D eigenvalue weighted by atomic mass is 9.86. The second-order valence-corrected chi connectivity index (χ2v) is 14.9. The number of ether oxygens (including phenoxy) is 1. The number of unbranched alkanes of at least 4 members (excludes halogenated alkanes) is 1. The van der Waals surface area contributed by atoms with Crippen molar-refractivity contribution in [2.24, 2.45) is 5.92 Å². The molecule has 206 valence electrons. The second-order valence-electron chi connectivity index (χ2n) is 10.1. The summed E-state index contributed by atoms with van der Waals surface area (Å²) in [7, 11) is 4.26. The Morgan fingerprint density at radius 2 is 2.03 bits per heavy atom. The number of nitrogens with one attached hydrogen (secondary N) is 1. The summed E-state index contributed by atoms with van der Waals surface area (Å²) in [6, 6.07) is 2.26. The number of anilines is 1. The number of aromatic nitrogens is 3. The minimum Gasteiger partial charge on any atom is -0.441 e. The van der Waals surface area contributed by atoms with Crippen LogP contribution in [0.25, 0.3) is 11.0 Å². The molecule has 2 aliphatic rings. The molecule has 1 N–H and O–H groups in total. The molecule has 1 aliphatic carbocycles. The van der Waals surface area contributed by atoms with Crippen LogP contribution in [-0.4, -0.2) is 65.8 Å². The van der Waals surface area contributed by atoms with Crippen molar-refractivity contribution >= 4 is 54.4 Å². The Morgan fingerprint density at radius 3 is 2.73 bits per heavy atom.